The highest BCUT2D eigenvalue weighted by Crippen LogP contribution is 2.42. The highest BCUT2D eigenvalue weighted by Gasteiger charge is 2.47. The number of carbonyl (C=O) groups is 1. The number of rotatable bonds is 8. The molecule has 0 atom stereocenters. The van der Waals surface area contributed by atoms with Crippen LogP contribution in [-0.2, 0) is 20.9 Å². The molecule has 2 fully saturated rings. The van der Waals surface area contributed by atoms with Crippen molar-refractivity contribution >= 4 is 29.5 Å². The van der Waals surface area contributed by atoms with E-state index in [1.807, 2.05) is 44.2 Å². The number of benzene rings is 3. The van der Waals surface area contributed by atoms with Gasteiger partial charge in [-0.15, -0.1) is 0 Å². The number of likely N-dealkylation sites (tertiary alicyclic amines) is 1. The van der Waals surface area contributed by atoms with Gasteiger partial charge in [0.25, 0.3) is 0 Å². The van der Waals surface area contributed by atoms with Crippen LogP contribution in [0.3, 0.4) is 0 Å². The second-order valence-electron chi connectivity index (χ2n) is 9.79. The van der Waals surface area contributed by atoms with E-state index >= 15 is 0 Å². The van der Waals surface area contributed by atoms with E-state index in [-0.39, 0.29) is 18.1 Å². The van der Waals surface area contributed by atoms with E-state index in [1.54, 1.807) is 23.1 Å². The van der Waals surface area contributed by atoms with Crippen LogP contribution in [0.25, 0.3) is 11.1 Å². The highest BCUT2D eigenvalue weighted by atomic mass is 35.5. The highest BCUT2D eigenvalue weighted by molar-refractivity contribution is 6.33. The molecule has 5 rings (SSSR count). The number of anilines is 1. The molecule has 1 amide bonds. The lowest BCUT2D eigenvalue weighted by molar-refractivity contribution is -0.191. The summed E-state index contributed by atoms with van der Waals surface area (Å²) in [4.78, 5) is 33.0. The van der Waals surface area contributed by atoms with Gasteiger partial charge in [0.15, 0.2) is 0 Å². The molecule has 2 heterocycles. The Kier molecular flexibility index (Phi) is 10.00. The van der Waals surface area contributed by atoms with Crippen molar-refractivity contribution in [2.75, 3.05) is 37.7 Å². The molecule has 0 aliphatic carbocycles. The predicted molar refractivity (Wildman–Crippen MR) is 152 cm³/mol. The lowest BCUT2D eigenvalue weighted by Crippen LogP contribution is -2.46. The van der Waals surface area contributed by atoms with E-state index in [1.165, 1.54) is 12.1 Å². The second kappa shape index (κ2) is 13.6. The van der Waals surface area contributed by atoms with Crippen molar-refractivity contribution in [1.82, 2.24) is 4.90 Å². The Balaban J connectivity index is 0.00000124. The summed E-state index contributed by atoms with van der Waals surface area (Å²) in [5, 5.41) is 0.540. The van der Waals surface area contributed by atoms with Gasteiger partial charge in [0.1, 0.15) is 22.9 Å². The Morgan fingerprint density at radius 3 is 2.12 bits per heavy atom. The first-order chi connectivity index (χ1) is 19.8. The fourth-order valence-corrected chi connectivity index (χ4v) is 5.53. The molecular weight excluding hydrogens is 551 g/mol. The van der Waals surface area contributed by atoms with Gasteiger partial charge in [-0.1, -0.05) is 35.9 Å². The van der Waals surface area contributed by atoms with Crippen molar-refractivity contribution in [3.8, 4) is 22.6 Å². The van der Waals surface area contributed by atoms with Crippen LogP contribution in [-0.4, -0.2) is 55.6 Å². The van der Waals surface area contributed by atoms with E-state index in [4.69, 9.17) is 35.4 Å². The molecule has 41 heavy (non-hydrogen) atoms. The van der Waals surface area contributed by atoms with Gasteiger partial charge in [-0.3, -0.25) is 9.80 Å². The summed E-state index contributed by atoms with van der Waals surface area (Å²) in [6, 6.07) is 17.8. The average Bonchev–Trinajstić information content (AvgIpc) is 3.27. The van der Waals surface area contributed by atoms with Gasteiger partial charge in [0.2, 0.25) is 0 Å². The fraction of sp³-hybridized carbons (Fsp3) is 0.355. The maximum absolute atomic E-state index is 13.6. The Bertz CT molecular complexity index is 1360. The molecular formula is C31H32ClFN2O6. The first-order valence-electron chi connectivity index (χ1n) is 13.5. The number of hydrogen-bond acceptors (Lipinski definition) is 7. The zero-order chi connectivity index (χ0) is 29.4. The van der Waals surface area contributed by atoms with E-state index in [9.17, 15) is 9.18 Å². The maximum atomic E-state index is 13.6. The smallest absolute Gasteiger partial charge is 0.415 e. The molecule has 0 unspecified atom stereocenters. The van der Waals surface area contributed by atoms with E-state index in [0.29, 0.717) is 48.5 Å². The van der Waals surface area contributed by atoms with E-state index in [2.05, 4.69) is 4.90 Å². The van der Waals surface area contributed by atoms with Crippen LogP contribution >= 0.6 is 11.6 Å². The molecule has 0 radical (unpaired) electrons. The largest absolute Gasteiger partial charge is 0.493 e. The minimum atomic E-state index is -0.508. The molecule has 2 aliphatic heterocycles. The van der Waals surface area contributed by atoms with Gasteiger partial charge in [-0.2, -0.15) is 9.59 Å². The van der Waals surface area contributed by atoms with Gasteiger partial charge < -0.3 is 14.2 Å². The van der Waals surface area contributed by atoms with Gasteiger partial charge >= 0.3 is 12.2 Å². The van der Waals surface area contributed by atoms with Crippen molar-refractivity contribution in [2.45, 2.75) is 38.8 Å². The Morgan fingerprint density at radius 1 is 0.976 bits per heavy atom. The zero-order valence-corrected chi connectivity index (χ0v) is 23.8. The number of carbonyl (C=O) groups excluding carboxylic acids is 3. The normalized spacial score (nSPS) is 16.0. The molecule has 216 valence electrons. The van der Waals surface area contributed by atoms with Crippen molar-refractivity contribution < 1.29 is 33.0 Å². The van der Waals surface area contributed by atoms with Gasteiger partial charge in [0, 0.05) is 32.5 Å². The molecule has 0 saturated carbocycles. The van der Waals surface area contributed by atoms with Crippen LogP contribution in [0.2, 0.25) is 5.02 Å². The molecule has 3 aromatic rings. The number of nitrogens with zero attached hydrogens (tertiary/aromatic N) is 2. The van der Waals surface area contributed by atoms with Crippen LogP contribution in [0, 0.1) is 5.82 Å². The van der Waals surface area contributed by atoms with Crippen LogP contribution in [0.1, 0.15) is 32.3 Å². The fourth-order valence-electron chi connectivity index (χ4n) is 5.29. The van der Waals surface area contributed by atoms with Crippen molar-refractivity contribution in [2.24, 2.45) is 0 Å². The third-order valence-electron chi connectivity index (χ3n) is 7.15. The van der Waals surface area contributed by atoms with Crippen LogP contribution in [0.5, 0.6) is 11.5 Å². The summed E-state index contributed by atoms with van der Waals surface area (Å²) in [5.41, 5.74) is 2.92. The average molecular weight is 583 g/mol. The lowest BCUT2D eigenvalue weighted by atomic mass is 9.91. The van der Waals surface area contributed by atoms with Crippen molar-refractivity contribution in [3.63, 3.8) is 0 Å². The third kappa shape index (κ3) is 7.06. The van der Waals surface area contributed by atoms with Crippen LogP contribution < -0.4 is 14.4 Å². The van der Waals surface area contributed by atoms with E-state index in [0.717, 1.165) is 42.6 Å². The molecule has 1 spiro atoms. The maximum Gasteiger partial charge on any atom is 0.415 e. The summed E-state index contributed by atoms with van der Waals surface area (Å²) in [7, 11) is 0. The summed E-state index contributed by atoms with van der Waals surface area (Å²) in [6.45, 7) is 7.68. The van der Waals surface area contributed by atoms with Gasteiger partial charge in [-0.05, 0) is 61.4 Å². The summed E-state index contributed by atoms with van der Waals surface area (Å²) in [6.07, 6.45) is 1.39. The summed E-state index contributed by atoms with van der Waals surface area (Å²) >= 11 is 6.34. The molecule has 10 heteroatoms. The van der Waals surface area contributed by atoms with Crippen molar-refractivity contribution in [1.29, 1.82) is 0 Å². The topological polar surface area (TPSA) is 85.4 Å². The molecule has 3 aromatic carbocycles. The van der Waals surface area contributed by atoms with Crippen LogP contribution in [0.4, 0.5) is 14.9 Å². The SMILES string of the molecule is CCOc1cc(CN2CCC3(CC2)CN(c2ccccc2Cl)C(=O)O3)cc(OCC)c1-c1ccc(F)cc1.O=C=O. The molecule has 0 aromatic heterocycles. The van der Waals surface area contributed by atoms with Crippen molar-refractivity contribution in [3.05, 3.63) is 77.1 Å². The lowest BCUT2D eigenvalue weighted by Gasteiger charge is -2.37. The standard InChI is InChI=1S/C30H32ClFN2O4.CO2/c1-3-36-26-17-21(18-27(37-4-2)28(26)22-9-11-23(32)12-10-22)19-33-15-13-30(14-16-33)20-34(29(35)38-30)25-8-6-5-7-24(25)31;2-1-3/h5-12,17-18H,3-4,13-16,19-20H2,1-2H3;. The Hall–Kier alpha value is -3.91. The zero-order valence-electron chi connectivity index (χ0n) is 23.0. The Labute approximate surface area is 243 Å². The number of para-hydroxylation sites is 1. The monoisotopic (exact) mass is 582 g/mol. The minimum absolute atomic E-state index is 0.250. The minimum Gasteiger partial charge on any atom is -0.493 e. The number of piperidine rings is 1. The number of amides is 1. The Morgan fingerprint density at radius 2 is 1.56 bits per heavy atom. The molecule has 2 aliphatic rings. The first-order valence-corrected chi connectivity index (χ1v) is 13.9. The number of hydrogen-bond donors (Lipinski definition) is 0. The molecule has 0 N–H and O–H groups in total. The quantitative estimate of drug-likeness (QED) is 0.306. The van der Waals surface area contributed by atoms with Gasteiger partial charge in [0.05, 0.1) is 36.0 Å². The molecule has 0 bridgehead atoms. The van der Waals surface area contributed by atoms with E-state index < -0.39 is 5.60 Å². The summed E-state index contributed by atoms with van der Waals surface area (Å²) in [5.74, 6) is 1.15. The second-order valence-corrected chi connectivity index (χ2v) is 10.2. The van der Waals surface area contributed by atoms with Gasteiger partial charge in [-0.25, -0.2) is 9.18 Å². The predicted octanol–water partition coefficient (Wildman–Crippen LogP) is 6.35. The summed E-state index contributed by atoms with van der Waals surface area (Å²) < 4.78 is 31.5. The van der Waals surface area contributed by atoms with Crippen LogP contribution in [0.15, 0.2) is 60.7 Å². The first kappa shape index (κ1) is 30.1. The number of halogens is 2. The molecule has 2 saturated heterocycles. The molecule has 8 nitrogen and oxygen atoms in total. The third-order valence-corrected chi connectivity index (χ3v) is 7.47. The number of ether oxygens (including phenoxy) is 3.